The number of ether oxygens (including phenoxy) is 1. The molecule has 3 atom stereocenters. The lowest BCUT2D eigenvalue weighted by Gasteiger charge is -2.30. The number of nitrogens with zero attached hydrogens (tertiary/aromatic N) is 2. The minimum atomic E-state index is -0.840. The molecule has 0 spiro atoms. The van der Waals surface area contributed by atoms with Gasteiger partial charge in [-0.25, -0.2) is 14.8 Å². The molecule has 3 rings (SSSR count). The molecular formula is C21H27N3O3. The fraction of sp³-hybridized carbons (Fsp3) is 0.524. The normalized spacial score (nSPS) is 20.9. The van der Waals surface area contributed by atoms with Gasteiger partial charge in [-0.1, -0.05) is 19.8 Å². The molecular weight excluding hydrogens is 342 g/mol. The summed E-state index contributed by atoms with van der Waals surface area (Å²) in [5.74, 6) is -0.318. The number of benzene rings is 1. The SMILES string of the molecule is Cc1nc2ccc(C(=O)O[C@@H](C)C(=O)N[C@@H]3CCCC[C@@H]3C)cc2nc1C. The van der Waals surface area contributed by atoms with Crippen LogP contribution >= 0.6 is 0 Å². The summed E-state index contributed by atoms with van der Waals surface area (Å²) in [6, 6.07) is 5.22. The summed E-state index contributed by atoms with van der Waals surface area (Å²) < 4.78 is 5.38. The first-order valence-electron chi connectivity index (χ1n) is 9.61. The Bertz CT molecular complexity index is 865. The molecule has 27 heavy (non-hydrogen) atoms. The highest BCUT2D eigenvalue weighted by Crippen LogP contribution is 2.24. The maximum atomic E-state index is 12.5. The van der Waals surface area contributed by atoms with E-state index in [1.165, 1.54) is 6.42 Å². The molecule has 1 aliphatic carbocycles. The number of aromatic nitrogens is 2. The molecule has 1 amide bonds. The summed E-state index contributed by atoms with van der Waals surface area (Å²) in [5, 5.41) is 3.03. The van der Waals surface area contributed by atoms with Crippen LogP contribution in [0, 0.1) is 19.8 Å². The first-order valence-corrected chi connectivity index (χ1v) is 9.61. The number of fused-ring (bicyclic) bond motifs is 1. The van der Waals surface area contributed by atoms with Gasteiger partial charge in [0.25, 0.3) is 5.91 Å². The number of hydrogen-bond donors (Lipinski definition) is 1. The second kappa shape index (κ2) is 8.03. The molecule has 1 heterocycles. The van der Waals surface area contributed by atoms with E-state index in [4.69, 9.17) is 4.74 Å². The van der Waals surface area contributed by atoms with Gasteiger partial charge in [0.05, 0.1) is 28.0 Å². The van der Waals surface area contributed by atoms with E-state index in [0.717, 1.165) is 36.2 Å². The van der Waals surface area contributed by atoms with Gasteiger partial charge >= 0.3 is 5.97 Å². The van der Waals surface area contributed by atoms with Crippen LogP contribution in [0.2, 0.25) is 0 Å². The van der Waals surface area contributed by atoms with Crippen LogP contribution in [0.15, 0.2) is 18.2 Å². The van der Waals surface area contributed by atoms with Gasteiger partial charge in [0, 0.05) is 6.04 Å². The second-order valence-electron chi connectivity index (χ2n) is 7.52. The van der Waals surface area contributed by atoms with Gasteiger partial charge in [0.1, 0.15) is 0 Å². The number of nitrogens with one attached hydrogen (secondary N) is 1. The van der Waals surface area contributed by atoms with E-state index in [1.807, 2.05) is 13.8 Å². The summed E-state index contributed by atoms with van der Waals surface area (Å²) in [6.45, 7) is 7.54. The largest absolute Gasteiger partial charge is 0.449 e. The Kier molecular flexibility index (Phi) is 5.73. The zero-order valence-electron chi connectivity index (χ0n) is 16.4. The predicted molar refractivity (Wildman–Crippen MR) is 103 cm³/mol. The standard InChI is InChI=1S/C21H27N3O3/c1-12-7-5-6-8-17(12)24-20(25)15(4)27-21(26)16-9-10-18-19(11-16)23-14(3)13(2)22-18/h9-12,15,17H,5-8H2,1-4H3,(H,24,25)/t12-,15-,17+/m0/s1. The van der Waals surface area contributed by atoms with Gasteiger partial charge < -0.3 is 10.1 Å². The molecule has 1 aromatic carbocycles. The van der Waals surface area contributed by atoms with Crippen LogP contribution in [0.25, 0.3) is 11.0 Å². The van der Waals surface area contributed by atoms with Crippen LogP contribution in [-0.4, -0.2) is 34.0 Å². The molecule has 1 aliphatic rings. The van der Waals surface area contributed by atoms with E-state index >= 15 is 0 Å². The lowest BCUT2D eigenvalue weighted by Crippen LogP contribution is -2.45. The van der Waals surface area contributed by atoms with Crippen molar-refractivity contribution in [2.24, 2.45) is 5.92 Å². The van der Waals surface area contributed by atoms with Crippen molar-refractivity contribution in [2.75, 3.05) is 0 Å². The molecule has 6 nitrogen and oxygen atoms in total. The van der Waals surface area contributed by atoms with E-state index in [0.29, 0.717) is 17.0 Å². The maximum absolute atomic E-state index is 12.5. The summed E-state index contributed by atoms with van der Waals surface area (Å²) in [7, 11) is 0. The molecule has 1 aromatic heterocycles. The van der Waals surface area contributed by atoms with Crippen molar-refractivity contribution in [2.45, 2.75) is 65.5 Å². The van der Waals surface area contributed by atoms with E-state index < -0.39 is 12.1 Å². The topological polar surface area (TPSA) is 81.2 Å². The Morgan fingerprint density at radius 3 is 2.48 bits per heavy atom. The van der Waals surface area contributed by atoms with Crippen molar-refractivity contribution >= 4 is 22.9 Å². The van der Waals surface area contributed by atoms with Crippen molar-refractivity contribution in [3.8, 4) is 0 Å². The molecule has 2 aromatic rings. The first kappa shape index (κ1) is 19.3. The van der Waals surface area contributed by atoms with Gasteiger partial charge in [-0.2, -0.15) is 0 Å². The number of carbonyl (C=O) groups excluding carboxylic acids is 2. The average Bonchev–Trinajstić information content (AvgIpc) is 2.64. The zero-order valence-corrected chi connectivity index (χ0v) is 16.4. The summed E-state index contributed by atoms with van der Waals surface area (Å²) in [6.07, 6.45) is 3.60. The molecule has 0 radical (unpaired) electrons. The lowest BCUT2D eigenvalue weighted by atomic mass is 9.86. The smallest absolute Gasteiger partial charge is 0.338 e. The summed E-state index contributed by atoms with van der Waals surface area (Å²) in [4.78, 5) is 33.8. The van der Waals surface area contributed by atoms with Gasteiger partial charge in [0.15, 0.2) is 6.10 Å². The number of aryl methyl sites for hydroxylation is 2. The van der Waals surface area contributed by atoms with Crippen molar-refractivity contribution in [1.29, 1.82) is 0 Å². The van der Waals surface area contributed by atoms with Crippen molar-refractivity contribution in [3.05, 3.63) is 35.2 Å². The Morgan fingerprint density at radius 2 is 1.78 bits per heavy atom. The highest BCUT2D eigenvalue weighted by atomic mass is 16.5. The number of carbonyl (C=O) groups is 2. The van der Waals surface area contributed by atoms with Gasteiger partial charge in [-0.3, -0.25) is 4.79 Å². The number of hydrogen-bond acceptors (Lipinski definition) is 5. The third-order valence-electron chi connectivity index (χ3n) is 5.40. The lowest BCUT2D eigenvalue weighted by molar-refractivity contribution is -0.130. The van der Waals surface area contributed by atoms with Gasteiger partial charge in [-0.05, 0) is 57.7 Å². The molecule has 0 unspecified atom stereocenters. The summed E-state index contributed by atoms with van der Waals surface area (Å²) >= 11 is 0. The minimum absolute atomic E-state index is 0.162. The Balaban J connectivity index is 1.66. The second-order valence-corrected chi connectivity index (χ2v) is 7.52. The molecule has 0 aliphatic heterocycles. The quantitative estimate of drug-likeness (QED) is 0.835. The van der Waals surface area contributed by atoms with Gasteiger partial charge in [0.2, 0.25) is 0 Å². The first-order chi connectivity index (χ1) is 12.8. The van der Waals surface area contributed by atoms with Gasteiger partial charge in [-0.15, -0.1) is 0 Å². The Labute approximate surface area is 159 Å². The monoisotopic (exact) mass is 369 g/mol. The maximum Gasteiger partial charge on any atom is 0.338 e. The van der Waals surface area contributed by atoms with E-state index in [1.54, 1.807) is 25.1 Å². The van der Waals surface area contributed by atoms with E-state index in [2.05, 4.69) is 22.2 Å². The van der Waals surface area contributed by atoms with Crippen LogP contribution in [0.1, 0.15) is 61.3 Å². The van der Waals surface area contributed by atoms with Crippen LogP contribution in [-0.2, 0) is 9.53 Å². The number of rotatable bonds is 4. The number of amides is 1. The van der Waals surface area contributed by atoms with Crippen LogP contribution in [0.4, 0.5) is 0 Å². The molecule has 0 bridgehead atoms. The van der Waals surface area contributed by atoms with E-state index in [-0.39, 0.29) is 11.9 Å². The third kappa shape index (κ3) is 4.43. The Hall–Kier alpha value is -2.50. The highest BCUT2D eigenvalue weighted by Gasteiger charge is 2.26. The van der Waals surface area contributed by atoms with Crippen molar-refractivity contribution in [1.82, 2.24) is 15.3 Å². The van der Waals surface area contributed by atoms with Crippen LogP contribution < -0.4 is 5.32 Å². The van der Waals surface area contributed by atoms with E-state index in [9.17, 15) is 9.59 Å². The molecule has 1 fully saturated rings. The molecule has 1 saturated carbocycles. The molecule has 0 saturated heterocycles. The van der Waals surface area contributed by atoms with Crippen molar-refractivity contribution < 1.29 is 14.3 Å². The fourth-order valence-electron chi connectivity index (χ4n) is 3.47. The molecule has 6 heteroatoms. The van der Waals surface area contributed by atoms with Crippen molar-refractivity contribution in [3.63, 3.8) is 0 Å². The zero-order chi connectivity index (χ0) is 19.6. The molecule has 1 N–H and O–H groups in total. The minimum Gasteiger partial charge on any atom is -0.449 e. The molecule has 144 valence electrons. The Morgan fingerprint density at radius 1 is 1.11 bits per heavy atom. The highest BCUT2D eigenvalue weighted by molar-refractivity contribution is 5.95. The van der Waals surface area contributed by atoms with Crippen LogP contribution in [0.5, 0.6) is 0 Å². The summed E-state index contributed by atoms with van der Waals surface area (Å²) in [5.41, 5.74) is 3.42. The van der Waals surface area contributed by atoms with Crippen LogP contribution in [0.3, 0.4) is 0 Å². The fourth-order valence-corrected chi connectivity index (χ4v) is 3.47. The third-order valence-corrected chi connectivity index (χ3v) is 5.40. The average molecular weight is 369 g/mol. The predicted octanol–water partition coefficient (Wildman–Crippen LogP) is 3.49. The number of esters is 1.